The Balaban J connectivity index is 2.23. The predicted molar refractivity (Wildman–Crippen MR) is 81.2 cm³/mol. The molecule has 19 heavy (non-hydrogen) atoms. The molecule has 0 spiro atoms. The first-order chi connectivity index (χ1) is 9.15. The molecule has 0 aromatic heterocycles. The summed E-state index contributed by atoms with van der Waals surface area (Å²) in [6.45, 7) is 0.763. The second kappa shape index (κ2) is 6.84. The minimum absolute atomic E-state index is 0.0722. The lowest BCUT2D eigenvalue weighted by atomic mass is 9.99. The van der Waals surface area contributed by atoms with Gasteiger partial charge in [-0.1, -0.05) is 22.0 Å². The van der Waals surface area contributed by atoms with E-state index in [1.807, 2.05) is 4.90 Å². The van der Waals surface area contributed by atoms with E-state index in [1.54, 1.807) is 12.1 Å². The molecule has 1 fully saturated rings. The highest BCUT2D eigenvalue weighted by atomic mass is 79.9. The summed E-state index contributed by atoms with van der Waals surface area (Å²) >= 11 is 6.61. The van der Waals surface area contributed by atoms with E-state index in [9.17, 15) is 9.18 Å². The van der Waals surface area contributed by atoms with Gasteiger partial charge >= 0.3 is 0 Å². The van der Waals surface area contributed by atoms with Crippen LogP contribution in [0.3, 0.4) is 0 Å². The first-order valence-electron chi connectivity index (χ1n) is 6.46. The summed E-state index contributed by atoms with van der Waals surface area (Å²) < 4.78 is 13.8. The molecule has 1 aromatic rings. The minimum atomic E-state index is -0.389. The SMILES string of the molecule is O=C(c1cccc(F)c1Br)N1CCCCC1CCBr. The average molecular weight is 393 g/mol. The molecular weight excluding hydrogens is 377 g/mol. The molecule has 0 radical (unpaired) electrons. The zero-order chi connectivity index (χ0) is 13.8. The van der Waals surface area contributed by atoms with Crippen molar-refractivity contribution in [3.05, 3.63) is 34.1 Å². The maximum Gasteiger partial charge on any atom is 0.255 e. The molecule has 1 saturated heterocycles. The highest BCUT2D eigenvalue weighted by molar-refractivity contribution is 9.10. The fraction of sp³-hybridized carbons (Fsp3) is 0.500. The molecule has 1 aliphatic rings. The van der Waals surface area contributed by atoms with Gasteiger partial charge in [0.25, 0.3) is 5.91 Å². The van der Waals surface area contributed by atoms with Crippen LogP contribution in [-0.4, -0.2) is 28.7 Å². The van der Waals surface area contributed by atoms with Crippen molar-refractivity contribution in [3.8, 4) is 0 Å². The fourth-order valence-corrected chi connectivity index (χ4v) is 3.48. The van der Waals surface area contributed by atoms with E-state index < -0.39 is 0 Å². The Hall–Kier alpha value is -0.420. The molecule has 1 atom stereocenters. The summed E-state index contributed by atoms with van der Waals surface area (Å²) in [5.41, 5.74) is 0.418. The van der Waals surface area contributed by atoms with Gasteiger partial charge < -0.3 is 4.90 Å². The summed E-state index contributed by atoms with van der Waals surface area (Å²) in [6, 6.07) is 4.87. The van der Waals surface area contributed by atoms with Crippen molar-refractivity contribution in [2.75, 3.05) is 11.9 Å². The Labute approximate surface area is 129 Å². The van der Waals surface area contributed by atoms with Crippen molar-refractivity contribution in [3.63, 3.8) is 0 Å². The summed E-state index contributed by atoms with van der Waals surface area (Å²) in [4.78, 5) is 14.5. The Kier molecular flexibility index (Phi) is 5.39. The average Bonchev–Trinajstić information content (AvgIpc) is 2.42. The number of alkyl halides is 1. The molecule has 0 aliphatic carbocycles. The molecule has 1 heterocycles. The number of rotatable bonds is 3. The second-order valence-electron chi connectivity index (χ2n) is 4.73. The molecule has 5 heteroatoms. The summed E-state index contributed by atoms with van der Waals surface area (Å²) in [5, 5.41) is 0.881. The van der Waals surface area contributed by atoms with E-state index >= 15 is 0 Å². The lowest BCUT2D eigenvalue weighted by Crippen LogP contribution is -2.44. The van der Waals surface area contributed by atoms with Crippen LogP contribution < -0.4 is 0 Å². The summed E-state index contributed by atoms with van der Waals surface area (Å²) in [7, 11) is 0. The van der Waals surface area contributed by atoms with Crippen LogP contribution in [0.15, 0.2) is 22.7 Å². The van der Waals surface area contributed by atoms with Gasteiger partial charge in [-0.25, -0.2) is 4.39 Å². The molecule has 1 unspecified atom stereocenters. The van der Waals surface area contributed by atoms with E-state index in [0.717, 1.165) is 37.6 Å². The van der Waals surface area contributed by atoms with Crippen LogP contribution in [0.5, 0.6) is 0 Å². The fourth-order valence-electron chi connectivity index (χ4n) is 2.52. The zero-order valence-corrected chi connectivity index (χ0v) is 13.7. The monoisotopic (exact) mass is 391 g/mol. The number of amides is 1. The number of halogens is 3. The number of carbonyl (C=O) groups excluding carboxylic acids is 1. The number of carbonyl (C=O) groups is 1. The Bertz CT molecular complexity index is 465. The van der Waals surface area contributed by atoms with Crippen LogP contribution in [0.25, 0.3) is 0 Å². The van der Waals surface area contributed by atoms with Crippen molar-refractivity contribution >= 4 is 37.8 Å². The largest absolute Gasteiger partial charge is 0.336 e. The third-order valence-electron chi connectivity index (χ3n) is 3.51. The second-order valence-corrected chi connectivity index (χ2v) is 6.31. The Morgan fingerprint density at radius 2 is 2.21 bits per heavy atom. The maximum atomic E-state index is 13.5. The molecular formula is C14H16Br2FNO. The number of nitrogens with zero attached hydrogens (tertiary/aromatic N) is 1. The van der Waals surface area contributed by atoms with Crippen LogP contribution in [0.2, 0.25) is 0 Å². The van der Waals surface area contributed by atoms with Crippen LogP contribution in [0.1, 0.15) is 36.0 Å². The van der Waals surface area contributed by atoms with Crippen molar-refractivity contribution in [2.24, 2.45) is 0 Å². The van der Waals surface area contributed by atoms with Crippen LogP contribution in [-0.2, 0) is 0 Å². The summed E-state index contributed by atoms with van der Waals surface area (Å²) in [5.74, 6) is -0.461. The minimum Gasteiger partial charge on any atom is -0.336 e. The number of hydrogen-bond acceptors (Lipinski definition) is 1. The topological polar surface area (TPSA) is 20.3 Å². The Morgan fingerprint density at radius 1 is 1.42 bits per heavy atom. The van der Waals surface area contributed by atoms with Gasteiger partial charge in [-0.2, -0.15) is 0 Å². The number of benzene rings is 1. The van der Waals surface area contributed by atoms with Gasteiger partial charge in [-0.05, 0) is 53.7 Å². The van der Waals surface area contributed by atoms with Crippen LogP contribution in [0.4, 0.5) is 4.39 Å². The molecule has 1 aromatic carbocycles. The molecule has 104 valence electrons. The van der Waals surface area contributed by atoms with Gasteiger partial charge in [0.2, 0.25) is 0 Å². The van der Waals surface area contributed by atoms with Crippen molar-refractivity contribution in [1.82, 2.24) is 4.90 Å². The quantitative estimate of drug-likeness (QED) is 0.699. The third-order valence-corrected chi connectivity index (χ3v) is 4.78. The molecule has 1 amide bonds. The van der Waals surface area contributed by atoms with E-state index in [1.165, 1.54) is 6.07 Å². The molecule has 2 nitrogen and oxygen atoms in total. The lowest BCUT2D eigenvalue weighted by Gasteiger charge is -2.36. The van der Waals surface area contributed by atoms with Gasteiger partial charge in [0.15, 0.2) is 0 Å². The maximum absolute atomic E-state index is 13.5. The van der Waals surface area contributed by atoms with E-state index in [0.29, 0.717) is 5.56 Å². The molecule has 1 aliphatic heterocycles. The van der Waals surface area contributed by atoms with Crippen LogP contribution in [0, 0.1) is 5.82 Å². The first-order valence-corrected chi connectivity index (χ1v) is 8.37. The van der Waals surface area contributed by atoms with Crippen molar-refractivity contribution in [1.29, 1.82) is 0 Å². The third kappa shape index (κ3) is 3.37. The van der Waals surface area contributed by atoms with Gasteiger partial charge in [0.1, 0.15) is 5.82 Å². The zero-order valence-electron chi connectivity index (χ0n) is 10.5. The van der Waals surface area contributed by atoms with Gasteiger partial charge in [-0.15, -0.1) is 0 Å². The van der Waals surface area contributed by atoms with Crippen molar-refractivity contribution in [2.45, 2.75) is 31.7 Å². The summed E-state index contributed by atoms with van der Waals surface area (Å²) in [6.07, 6.45) is 4.16. The van der Waals surface area contributed by atoms with Gasteiger partial charge in [0.05, 0.1) is 10.0 Å². The Morgan fingerprint density at radius 3 is 2.95 bits per heavy atom. The normalized spacial score (nSPS) is 19.5. The lowest BCUT2D eigenvalue weighted by molar-refractivity contribution is 0.0608. The first kappa shape index (κ1) is 15.0. The smallest absolute Gasteiger partial charge is 0.255 e. The van der Waals surface area contributed by atoms with Gasteiger partial charge in [-0.3, -0.25) is 4.79 Å². The van der Waals surface area contributed by atoms with E-state index in [2.05, 4.69) is 31.9 Å². The molecule has 0 saturated carbocycles. The predicted octanol–water partition coefficient (Wildman–Crippen LogP) is 4.37. The number of likely N-dealkylation sites (tertiary alicyclic amines) is 1. The number of piperidine rings is 1. The highest BCUT2D eigenvalue weighted by Gasteiger charge is 2.28. The molecule has 0 bridgehead atoms. The van der Waals surface area contributed by atoms with E-state index in [4.69, 9.17) is 0 Å². The van der Waals surface area contributed by atoms with Crippen LogP contribution >= 0.6 is 31.9 Å². The van der Waals surface area contributed by atoms with Gasteiger partial charge in [0, 0.05) is 17.9 Å². The molecule has 0 N–H and O–H groups in total. The van der Waals surface area contributed by atoms with Crippen molar-refractivity contribution < 1.29 is 9.18 Å². The number of hydrogen-bond donors (Lipinski definition) is 0. The highest BCUT2D eigenvalue weighted by Crippen LogP contribution is 2.26. The molecule has 2 rings (SSSR count). The standard InChI is InChI=1S/C14H16Br2FNO/c15-8-7-10-4-1-2-9-18(10)14(19)11-5-3-6-12(17)13(11)16/h3,5-6,10H,1-2,4,7-9H2. The van der Waals surface area contributed by atoms with E-state index in [-0.39, 0.29) is 22.2 Å².